The zero-order chi connectivity index (χ0) is 19.7. The molecule has 2 aliphatic rings. The number of benzene rings is 1. The first-order valence-corrected chi connectivity index (χ1v) is 10.9. The molecule has 0 bridgehead atoms. The summed E-state index contributed by atoms with van der Waals surface area (Å²) in [7, 11) is 0. The summed E-state index contributed by atoms with van der Waals surface area (Å²) < 4.78 is 0. The quantitative estimate of drug-likeness (QED) is 0.691. The standard InChI is InChI=1S/C20H17ClN2O3S2/c21-14-4-1-3-13(11-14)20(6-7-20)18(25)22-8-9-23-17(24)16(28-19(23)26)12-15-5-2-10-27-15/h1-5,10-12H,6-9H2,(H,22,25). The van der Waals surface area contributed by atoms with Crippen LogP contribution in [0, 0.1) is 0 Å². The van der Waals surface area contributed by atoms with Gasteiger partial charge in [-0.25, -0.2) is 0 Å². The Bertz CT molecular complexity index is 968. The van der Waals surface area contributed by atoms with Crippen molar-refractivity contribution >= 4 is 57.8 Å². The largest absolute Gasteiger partial charge is 0.354 e. The van der Waals surface area contributed by atoms with Crippen LogP contribution in [-0.2, 0) is 15.0 Å². The molecule has 3 amide bonds. The number of thiophene rings is 1. The number of nitrogens with one attached hydrogen (secondary N) is 1. The molecule has 1 saturated carbocycles. The van der Waals surface area contributed by atoms with Gasteiger partial charge in [-0.1, -0.05) is 29.8 Å². The van der Waals surface area contributed by atoms with Crippen LogP contribution in [0.3, 0.4) is 0 Å². The smallest absolute Gasteiger partial charge is 0.293 e. The molecular weight excluding hydrogens is 416 g/mol. The second-order valence-corrected chi connectivity index (χ2v) is 9.11. The van der Waals surface area contributed by atoms with Gasteiger partial charge in [-0.15, -0.1) is 11.3 Å². The van der Waals surface area contributed by atoms with Gasteiger partial charge in [0.25, 0.3) is 11.1 Å². The molecule has 28 heavy (non-hydrogen) atoms. The van der Waals surface area contributed by atoms with Crippen LogP contribution in [0.1, 0.15) is 23.3 Å². The first-order chi connectivity index (χ1) is 13.5. The highest BCUT2D eigenvalue weighted by atomic mass is 35.5. The molecule has 1 saturated heterocycles. The number of nitrogens with zero attached hydrogens (tertiary/aromatic N) is 1. The lowest BCUT2D eigenvalue weighted by Gasteiger charge is -2.18. The third kappa shape index (κ3) is 3.74. The monoisotopic (exact) mass is 432 g/mol. The third-order valence-corrected chi connectivity index (χ3v) is 6.83. The molecule has 0 atom stereocenters. The van der Waals surface area contributed by atoms with Crippen LogP contribution in [0.4, 0.5) is 4.79 Å². The van der Waals surface area contributed by atoms with Gasteiger partial charge in [0, 0.05) is 23.0 Å². The van der Waals surface area contributed by atoms with Crippen LogP contribution in [-0.4, -0.2) is 35.0 Å². The van der Waals surface area contributed by atoms with E-state index in [0.29, 0.717) is 9.93 Å². The van der Waals surface area contributed by atoms with Crippen molar-refractivity contribution in [3.05, 3.63) is 62.1 Å². The fraction of sp³-hybridized carbons (Fsp3) is 0.250. The van der Waals surface area contributed by atoms with Gasteiger partial charge in [-0.2, -0.15) is 0 Å². The predicted molar refractivity (Wildman–Crippen MR) is 112 cm³/mol. The molecule has 0 spiro atoms. The Hall–Kier alpha value is -2.09. The molecular formula is C20H17ClN2O3S2. The lowest BCUT2D eigenvalue weighted by Crippen LogP contribution is -2.41. The molecule has 2 aromatic rings. The van der Waals surface area contributed by atoms with Gasteiger partial charge in [0.2, 0.25) is 5.91 Å². The van der Waals surface area contributed by atoms with E-state index in [4.69, 9.17) is 11.6 Å². The molecule has 0 unspecified atom stereocenters. The summed E-state index contributed by atoms with van der Waals surface area (Å²) in [5.74, 6) is -0.399. The highest BCUT2D eigenvalue weighted by molar-refractivity contribution is 8.18. The summed E-state index contributed by atoms with van der Waals surface area (Å²) >= 11 is 8.49. The van der Waals surface area contributed by atoms with E-state index in [0.717, 1.165) is 35.0 Å². The van der Waals surface area contributed by atoms with Gasteiger partial charge in [-0.05, 0) is 59.8 Å². The van der Waals surface area contributed by atoms with Crippen molar-refractivity contribution in [2.24, 2.45) is 0 Å². The van der Waals surface area contributed by atoms with Crippen molar-refractivity contribution in [2.75, 3.05) is 13.1 Å². The van der Waals surface area contributed by atoms with Crippen molar-refractivity contribution in [3.63, 3.8) is 0 Å². The second-order valence-electron chi connectivity index (χ2n) is 6.70. The molecule has 2 fully saturated rings. The number of imide groups is 1. The highest BCUT2D eigenvalue weighted by Gasteiger charge is 2.51. The third-order valence-electron chi connectivity index (χ3n) is 4.87. The van der Waals surface area contributed by atoms with Crippen molar-refractivity contribution in [1.29, 1.82) is 0 Å². The van der Waals surface area contributed by atoms with E-state index in [1.54, 1.807) is 12.1 Å². The molecule has 4 rings (SSSR count). The van der Waals surface area contributed by atoms with E-state index >= 15 is 0 Å². The van der Waals surface area contributed by atoms with Gasteiger partial charge >= 0.3 is 0 Å². The topological polar surface area (TPSA) is 66.5 Å². The fourth-order valence-electron chi connectivity index (χ4n) is 3.20. The zero-order valence-corrected chi connectivity index (χ0v) is 17.2. The number of rotatable bonds is 6. The maximum atomic E-state index is 12.7. The maximum Gasteiger partial charge on any atom is 0.293 e. The number of halogens is 1. The number of hydrogen-bond donors (Lipinski definition) is 1. The molecule has 1 aromatic heterocycles. The number of thioether (sulfide) groups is 1. The Morgan fingerprint density at radius 2 is 2.07 bits per heavy atom. The Balaban J connectivity index is 1.36. The van der Waals surface area contributed by atoms with Crippen molar-refractivity contribution in [1.82, 2.24) is 10.2 Å². The zero-order valence-electron chi connectivity index (χ0n) is 14.8. The van der Waals surface area contributed by atoms with Gasteiger partial charge in [0.15, 0.2) is 0 Å². The Kier molecular flexibility index (Phi) is 5.31. The van der Waals surface area contributed by atoms with Crippen molar-refractivity contribution < 1.29 is 14.4 Å². The number of hydrogen-bond acceptors (Lipinski definition) is 5. The van der Waals surface area contributed by atoms with Crippen LogP contribution in [0.2, 0.25) is 5.02 Å². The molecule has 1 aliphatic heterocycles. The average Bonchev–Trinajstić information content (AvgIpc) is 3.26. The Morgan fingerprint density at radius 1 is 1.25 bits per heavy atom. The van der Waals surface area contributed by atoms with Crippen LogP contribution in [0.25, 0.3) is 6.08 Å². The lowest BCUT2D eigenvalue weighted by molar-refractivity contribution is -0.125. The van der Waals surface area contributed by atoms with E-state index in [1.807, 2.05) is 35.7 Å². The molecule has 8 heteroatoms. The first-order valence-electron chi connectivity index (χ1n) is 8.83. The van der Waals surface area contributed by atoms with E-state index in [-0.39, 0.29) is 30.1 Å². The Morgan fingerprint density at radius 3 is 2.75 bits per heavy atom. The first kappa shape index (κ1) is 19.2. The summed E-state index contributed by atoms with van der Waals surface area (Å²) in [6.45, 7) is 0.384. The fourth-order valence-corrected chi connectivity index (χ4v) is 4.98. The lowest BCUT2D eigenvalue weighted by atomic mass is 9.95. The van der Waals surface area contributed by atoms with Gasteiger partial charge in [0.05, 0.1) is 10.3 Å². The van der Waals surface area contributed by atoms with Crippen molar-refractivity contribution in [2.45, 2.75) is 18.3 Å². The number of carbonyl (C=O) groups excluding carboxylic acids is 3. The minimum absolute atomic E-state index is 0.0872. The minimum atomic E-state index is -0.539. The summed E-state index contributed by atoms with van der Waals surface area (Å²) in [4.78, 5) is 39.9. The molecule has 2 heterocycles. The van der Waals surface area contributed by atoms with Gasteiger partial charge in [0.1, 0.15) is 0 Å². The van der Waals surface area contributed by atoms with Crippen molar-refractivity contribution in [3.8, 4) is 0 Å². The molecule has 0 radical (unpaired) electrons. The number of carbonyl (C=O) groups is 3. The van der Waals surface area contributed by atoms with Gasteiger partial charge < -0.3 is 5.32 Å². The van der Waals surface area contributed by atoms with Gasteiger partial charge in [-0.3, -0.25) is 19.3 Å². The molecule has 5 nitrogen and oxygen atoms in total. The van der Waals surface area contributed by atoms with Crippen LogP contribution in [0.5, 0.6) is 0 Å². The maximum absolute atomic E-state index is 12.7. The molecule has 144 valence electrons. The van der Waals surface area contributed by atoms with Crippen LogP contribution >= 0.6 is 34.7 Å². The van der Waals surface area contributed by atoms with E-state index in [9.17, 15) is 14.4 Å². The normalized spacial score (nSPS) is 19.3. The number of amides is 3. The summed E-state index contributed by atoms with van der Waals surface area (Å²) in [6, 6.07) is 11.1. The van der Waals surface area contributed by atoms with Crippen LogP contribution in [0.15, 0.2) is 46.7 Å². The predicted octanol–water partition coefficient (Wildman–Crippen LogP) is 4.29. The van der Waals surface area contributed by atoms with E-state index in [2.05, 4.69) is 5.32 Å². The Labute approximate surface area is 175 Å². The van der Waals surface area contributed by atoms with Crippen LogP contribution < -0.4 is 5.32 Å². The molecule has 1 aliphatic carbocycles. The minimum Gasteiger partial charge on any atom is -0.354 e. The molecule has 1 N–H and O–H groups in total. The summed E-state index contributed by atoms with van der Waals surface area (Å²) in [6.07, 6.45) is 3.26. The summed E-state index contributed by atoms with van der Waals surface area (Å²) in [5.41, 5.74) is 0.366. The second kappa shape index (κ2) is 7.73. The average molecular weight is 433 g/mol. The summed E-state index contributed by atoms with van der Waals surface area (Å²) in [5, 5.41) is 5.09. The highest BCUT2D eigenvalue weighted by Crippen LogP contribution is 2.48. The molecule has 1 aromatic carbocycles. The SMILES string of the molecule is O=C1SC(=Cc2cccs2)C(=O)N1CCNC(=O)C1(c2cccc(Cl)c2)CC1. The van der Waals surface area contributed by atoms with E-state index < -0.39 is 5.41 Å². The van der Waals surface area contributed by atoms with E-state index in [1.165, 1.54) is 16.2 Å².